The summed E-state index contributed by atoms with van der Waals surface area (Å²) in [5.41, 5.74) is 0.926. The zero-order valence-electron chi connectivity index (χ0n) is 11.8. The largest absolute Gasteiger partial charge is 0.421 e. The Labute approximate surface area is 122 Å². The first-order valence-corrected chi connectivity index (χ1v) is 7.81. The smallest absolute Gasteiger partial charge is 0.248 e. The lowest BCUT2D eigenvalue weighted by molar-refractivity contribution is -0.121. The highest BCUT2D eigenvalue weighted by atomic mass is 32.1. The second kappa shape index (κ2) is 7.19. The van der Waals surface area contributed by atoms with E-state index in [1.54, 1.807) is 11.3 Å². The van der Waals surface area contributed by atoms with E-state index < -0.39 is 0 Å². The van der Waals surface area contributed by atoms with Crippen LogP contribution in [0.5, 0.6) is 0 Å². The Morgan fingerprint density at radius 2 is 2.20 bits per heavy atom. The fraction of sp³-hybridized carbons (Fsp3) is 0.500. The molecule has 0 radical (unpaired) electrons. The Hall–Kier alpha value is -1.69. The summed E-state index contributed by atoms with van der Waals surface area (Å²) in [5.74, 6) is 1.06. The van der Waals surface area contributed by atoms with Crippen molar-refractivity contribution in [2.45, 2.75) is 45.6 Å². The van der Waals surface area contributed by atoms with Gasteiger partial charge in [0.05, 0.1) is 0 Å². The van der Waals surface area contributed by atoms with Crippen LogP contribution < -0.4 is 5.32 Å². The molecule has 0 aromatic carbocycles. The van der Waals surface area contributed by atoms with Crippen molar-refractivity contribution in [2.24, 2.45) is 0 Å². The number of rotatable bonds is 7. The van der Waals surface area contributed by atoms with Crippen LogP contribution in [0.4, 0.5) is 0 Å². The van der Waals surface area contributed by atoms with Gasteiger partial charge in [0.15, 0.2) is 0 Å². The first-order valence-electron chi connectivity index (χ1n) is 6.87. The van der Waals surface area contributed by atoms with E-state index in [4.69, 9.17) is 4.42 Å². The van der Waals surface area contributed by atoms with Crippen LogP contribution in [-0.4, -0.2) is 22.1 Å². The molecular weight excluding hydrogens is 274 g/mol. The van der Waals surface area contributed by atoms with E-state index >= 15 is 0 Å². The molecule has 5 nitrogen and oxygen atoms in total. The third kappa shape index (κ3) is 3.90. The summed E-state index contributed by atoms with van der Waals surface area (Å²) in [4.78, 5) is 11.8. The van der Waals surface area contributed by atoms with Gasteiger partial charge in [-0.15, -0.1) is 10.2 Å². The molecule has 6 heteroatoms. The highest BCUT2D eigenvalue weighted by molar-refractivity contribution is 7.08. The highest BCUT2D eigenvalue weighted by Gasteiger charge is 2.12. The van der Waals surface area contributed by atoms with Gasteiger partial charge in [-0.2, -0.15) is 11.3 Å². The highest BCUT2D eigenvalue weighted by Crippen LogP contribution is 2.20. The Balaban J connectivity index is 1.84. The van der Waals surface area contributed by atoms with E-state index in [1.807, 2.05) is 16.8 Å². The first-order chi connectivity index (χ1) is 9.72. The molecule has 0 aliphatic carbocycles. The number of thiophene rings is 1. The Bertz CT molecular complexity index is 532. The zero-order valence-corrected chi connectivity index (χ0v) is 12.6. The summed E-state index contributed by atoms with van der Waals surface area (Å²) >= 11 is 1.58. The number of aryl methyl sites for hydroxylation is 1. The van der Waals surface area contributed by atoms with Crippen molar-refractivity contribution in [2.75, 3.05) is 0 Å². The molecular formula is C14H19N3O2S. The minimum Gasteiger partial charge on any atom is -0.421 e. The van der Waals surface area contributed by atoms with Crippen molar-refractivity contribution < 1.29 is 9.21 Å². The number of amides is 1. The lowest BCUT2D eigenvalue weighted by atomic mass is 10.1. The molecule has 2 heterocycles. The van der Waals surface area contributed by atoms with Gasteiger partial charge in [0.1, 0.15) is 0 Å². The van der Waals surface area contributed by atoms with Gasteiger partial charge in [0.25, 0.3) is 0 Å². The molecule has 1 N–H and O–H groups in total. The molecule has 0 atom stereocenters. The van der Waals surface area contributed by atoms with Crippen molar-refractivity contribution in [3.05, 3.63) is 22.7 Å². The van der Waals surface area contributed by atoms with Crippen molar-refractivity contribution in [1.29, 1.82) is 0 Å². The number of hydrogen-bond donors (Lipinski definition) is 1. The van der Waals surface area contributed by atoms with E-state index in [0.29, 0.717) is 24.6 Å². The third-order valence-electron chi connectivity index (χ3n) is 3.15. The number of hydrogen-bond acceptors (Lipinski definition) is 5. The first kappa shape index (κ1) is 14.7. The summed E-state index contributed by atoms with van der Waals surface area (Å²) in [6, 6.07) is 2.19. The number of aromatic nitrogens is 2. The molecule has 0 bridgehead atoms. The summed E-state index contributed by atoms with van der Waals surface area (Å²) in [6.45, 7) is 4.14. The SMILES string of the molecule is CCC(CC)NC(=O)CCc1nnc(-c2ccsc2)o1. The topological polar surface area (TPSA) is 68.0 Å². The van der Waals surface area contributed by atoms with Gasteiger partial charge in [0.2, 0.25) is 17.7 Å². The fourth-order valence-corrected chi connectivity index (χ4v) is 2.50. The molecule has 108 valence electrons. The maximum Gasteiger partial charge on any atom is 0.248 e. The van der Waals surface area contributed by atoms with Crippen LogP contribution in [0.2, 0.25) is 0 Å². The van der Waals surface area contributed by atoms with Gasteiger partial charge in [-0.05, 0) is 24.3 Å². The van der Waals surface area contributed by atoms with E-state index in [1.165, 1.54) is 0 Å². The molecule has 0 saturated heterocycles. The molecule has 0 fully saturated rings. The maximum absolute atomic E-state index is 11.8. The Kier molecular flexibility index (Phi) is 5.29. The number of carbonyl (C=O) groups excluding carboxylic acids is 1. The quantitative estimate of drug-likeness (QED) is 0.852. The molecule has 0 aliphatic heterocycles. The van der Waals surface area contributed by atoms with E-state index in [9.17, 15) is 4.79 Å². The predicted molar refractivity (Wildman–Crippen MR) is 78.4 cm³/mol. The van der Waals surface area contributed by atoms with Crippen LogP contribution in [0, 0.1) is 0 Å². The van der Waals surface area contributed by atoms with Crippen LogP contribution in [0.15, 0.2) is 21.2 Å². The van der Waals surface area contributed by atoms with Gasteiger partial charge in [0, 0.05) is 29.8 Å². The lowest BCUT2D eigenvalue weighted by Gasteiger charge is -2.13. The Morgan fingerprint density at radius 1 is 1.40 bits per heavy atom. The van der Waals surface area contributed by atoms with Crippen LogP contribution in [0.3, 0.4) is 0 Å². The molecule has 1 amide bonds. The van der Waals surface area contributed by atoms with Crippen LogP contribution >= 0.6 is 11.3 Å². The molecule has 2 aromatic heterocycles. The van der Waals surface area contributed by atoms with Gasteiger partial charge >= 0.3 is 0 Å². The fourth-order valence-electron chi connectivity index (χ4n) is 1.87. The van der Waals surface area contributed by atoms with Crippen LogP contribution in [0.25, 0.3) is 11.5 Å². The predicted octanol–water partition coefficient (Wildman–Crippen LogP) is 3.04. The molecule has 0 spiro atoms. The monoisotopic (exact) mass is 293 g/mol. The summed E-state index contributed by atoms with van der Waals surface area (Å²) < 4.78 is 5.54. The zero-order chi connectivity index (χ0) is 14.4. The molecule has 0 aliphatic rings. The molecule has 0 saturated carbocycles. The molecule has 2 aromatic rings. The molecule has 0 unspecified atom stereocenters. The number of nitrogens with zero attached hydrogens (tertiary/aromatic N) is 2. The minimum absolute atomic E-state index is 0.0361. The average Bonchev–Trinajstić information content (AvgIpc) is 3.12. The van der Waals surface area contributed by atoms with Gasteiger partial charge < -0.3 is 9.73 Å². The van der Waals surface area contributed by atoms with Crippen molar-refractivity contribution in [3.8, 4) is 11.5 Å². The second-order valence-electron chi connectivity index (χ2n) is 4.59. The van der Waals surface area contributed by atoms with Crippen LogP contribution in [0.1, 0.15) is 39.0 Å². The Morgan fingerprint density at radius 3 is 2.85 bits per heavy atom. The van der Waals surface area contributed by atoms with Gasteiger partial charge in [-0.25, -0.2) is 0 Å². The summed E-state index contributed by atoms with van der Waals surface area (Å²) in [5, 5.41) is 14.9. The minimum atomic E-state index is 0.0361. The van der Waals surface area contributed by atoms with Gasteiger partial charge in [-0.1, -0.05) is 13.8 Å². The van der Waals surface area contributed by atoms with Gasteiger partial charge in [-0.3, -0.25) is 4.79 Å². The van der Waals surface area contributed by atoms with E-state index in [2.05, 4.69) is 29.4 Å². The van der Waals surface area contributed by atoms with Crippen molar-refractivity contribution >= 4 is 17.2 Å². The van der Waals surface area contributed by atoms with Crippen LogP contribution in [-0.2, 0) is 11.2 Å². The third-order valence-corrected chi connectivity index (χ3v) is 3.83. The normalized spacial score (nSPS) is 10.9. The lowest BCUT2D eigenvalue weighted by Crippen LogP contribution is -2.33. The molecule has 2 rings (SSSR count). The number of nitrogens with one attached hydrogen (secondary N) is 1. The van der Waals surface area contributed by atoms with E-state index in [-0.39, 0.29) is 11.9 Å². The maximum atomic E-state index is 11.8. The van der Waals surface area contributed by atoms with Crippen molar-refractivity contribution in [1.82, 2.24) is 15.5 Å². The van der Waals surface area contributed by atoms with Crippen molar-refractivity contribution in [3.63, 3.8) is 0 Å². The average molecular weight is 293 g/mol. The second-order valence-corrected chi connectivity index (χ2v) is 5.37. The summed E-state index contributed by atoms with van der Waals surface area (Å²) in [7, 11) is 0. The standard InChI is InChI=1S/C14H19N3O2S/c1-3-11(4-2)15-12(18)5-6-13-16-17-14(19-13)10-7-8-20-9-10/h7-9,11H,3-6H2,1-2H3,(H,15,18). The summed E-state index contributed by atoms with van der Waals surface area (Å²) in [6.07, 6.45) is 2.75. The van der Waals surface area contributed by atoms with E-state index in [0.717, 1.165) is 18.4 Å². The number of carbonyl (C=O) groups is 1. The molecule has 20 heavy (non-hydrogen) atoms.